The normalized spacial score (nSPS) is 21.7. The molecule has 17 heavy (non-hydrogen) atoms. The van der Waals surface area contributed by atoms with Gasteiger partial charge >= 0.3 is 0 Å². The first-order chi connectivity index (χ1) is 8.22. The zero-order valence-electron chi connectivity index (χ0n) is 10.5. The highest BCUT2D eigenvalue weighted by molar-refractivity contribution is 7.99. The Hall–Kier alpha value is -0.540. The van der Waals surface area contributed by atoms with E-state index in [0.717, 1.165) is 23.4 Å². The molecule has 2 atom stereocenters. The second-order valence-electron chi connectivity index (χ2n) is 4.68. The molecule has 0 bridgehead atoms. The van der Waals surface area contributed by atoms with Crippen LogP contribution in [-0.2, 0) is 0 Å². The minimum absolute atomic E-state index is 0.0709. The van der Waals surface area contributed by atoms with E-state index in [0.29, 0.717) is 5.92 Å². The molecule has 0 aromatic heterocycles. The predicted octanol–water partition coefficient (Wildman–Crippen LogP) is 3.54. The fourth-order valence-corrected chi connectivity index (χ4v) is 3.77. The van der Waals surface area contributed by atoms with Gasteiger partial charge in [0.2, 0.25) is 0 Å². The Labute approximate surface area is 107 Å². The van der Waals surface area contributed by atoms with Crippen LogP contribution in [0.15, 0.2) is 18.2 Å². The quantitative estimate of drug-likeness (QED) is 0.881. The van der Waals surface area contributed by atoms with Gasteiger partial charge in [-0.15, -0.1) is 0 Å². The lowest BCUT2D eigenvalue weighted by molar-refractivity contribution is 0.387. The Morgan fingerprint density at radius 1 is 1.53 bits per heavy atom. The van der Waals surface area contributed by atoms with Crippen LogP contribution < -0.4 is 5.32 Å². The van der Waals surface area contributed by atoms with E-state index in [4.69, 9.17) is 0 Å². The van der Waals surface area contributed by atoms with Crippen molar-refractivity contribution in [1.29, 1.82) is 0 Å². The van der Waals surface area contributed by atoms with Crippen LogP contribution >= 0.6 is 11.8 Å². The zero-order valence-corrected chi connectivity index (χ0v) is 11.3. The minimum Gasteiger partial charge on any atom is -0.310 e. The third kappa shape index (κ3) is 3.02. The van der Waals surface area contributed by atoms with Crippen molar-refractivity contribution in [3.05, 3.63) is 35.1 Å². The van der Waals surface area contributed by atoms with Crippen molar-refractivity contribution in [2.75, 3.05) is 18.1 Å². The number of halogens is 1. The smallest absolute Gasteiger partial charge is 0.128 e. The summed E-state index contributed by atoms with van der Waals surface area (Å²) in [6.07, 6.45) is 1.19. The summed E-state index contributed by atoms with van der Waals surface area (Å²) >= 11 is 1.98. The second-order valence-corrected chi connectivity index (χ2v) is 5.83. The second kappa shape index (κ2) is 5.87. The highest BCUT2D eigenvalue weighted by Crippen LogP contribution is 2.35. The Morgan fingerprint density at radius 2 is 2.35 bits per heavy atom. The van der Waals surface area contributed by atoms with Crippen LogP contribution in [0.5, 0.6) is 0 Å². The van der Waals surface area contributed by atoms with Crippen LogP contribution in [0.3, 0.4) is 0 Å². The van der Waals surface area contributed by atoms with Crippen LogP contribution in [-0.4, -0.2) is 18.1 Å². The molecular formula is C14H20FNS. The summed E-state index contributed by atoms with van der Waals surface area (Å²) < 4.78 is 13.9. The fraction of sp³-hybridized carbons (Fsp3) is 0.571. The number of nitrogens with one attached hydrogen (secondary N) is 1. The van der Waals surface area contributed by atoms with E-state index in [1.165, 1.54) is 12.2 Å². The molecule has 2 unspecified atom stereocenters. The van der Waals surface area contributed by atoms with Gasteiger partial charge in [-0.05, 0) is 43.4 Å². The summed E-state index contributed by atoms with van der Waals surface area (Å²) in [5.41, 5.74) is 1.98. The average molecular weight is 253 g/mol. The highest BCUT2D eigenvalue weighted by atomic mass is 32.2. The number of benzene rings is 1. The molecule has 1 aromatic carbocycles. The van der Waals surface area contributed by atoms with Gasteiger partial charge in [-0.3, -0.25) is 0 Å². The Morgan fingerprint density at radius 3 is 3.00 bits per heavy atom. The van der Waals surface area contributed by atoms with Gasteiger partial charge in [0, 0.05) is 11.6 Å². The highest BCUT2D eigenvalue weighted by Gasteiger charge is 2.27. The number of hydrogen-bond donors (Lipinski definition) is 1. The Bertz CT molecular complexity index is 374. The summed E-state index contributed by atoms with van der Waals surface area (Å²) in [6, 6.07) is 5.60. The molecule has 0 radical (unpaired) electrons. The first-order valence-corrected chi connectivity index (χ1v) is 7.45. The number of hydrogen-bond acceptors (Lipinski definition) is 2. The van der Waals surface area contributed by atoms with Crippen molar-refractivity contribution in [3.63, 3.8) is 0 Å². The molecule has 1 aromatic rings. The number of aryl methyl sites for hydroxylation is 1. The van der Waals surface area contributed by atoms with Gasteiger partial charge in [0.1, 0.15) is 5.82 Å². The summed E-state index contributed by atoms with van der Waals surface area (Å²) in [7, 11) is 0. The van der Waals surface area contributed by atoms with E-state index in [2.05, 4.69) is 12.2 Å². The van der Waals surface area contributed by atoms with E-state index in [1.54, 1.807) is 6.07 Å². The first-order valence-electron chi connectivity index (χ1n) is 6.29. The van der Waals surface area contributed by atoms with E-state index in [1.807, 2.05) is 30.8 Å². The van der Waals surface area contributed by atoms with Crippen LogP contribution in [0.2, 0.25) is 0 Å². The molecule has 0 aliphatic carbocycles. The third-order valence-electron chi connectivity index (χ3n) is 3.35. The number of thioether (sulfide) groups is 1. The van der Waals surface area contributed by atoms with Gasteiger partial charge in [-0.2, -0.15) is 11.8 Å². The van der Waals surface area contributed by atoms with Crippen molar-refractivity contribution in [3.8, 4) is 0 Å². The lowest BCUT2D eigenvalue weighted by Gasteiger charge is -2.25. The molecule has 2 rings (SSSR count). The molecular weight excluding hydrogens is 233 g/mol. The molecule has 3 heteroatoms. The van der Waals surface area contributed by atoms with Crippen molar-refractivity contribution in [1.82, 2.24) is 5.32 Å². The largest absolute Gasteiger partial charge is 0.310 e. The van der Waals surface area contributed by atoms with Crippen LogP contribution in [0.4, 0.5) is 4.39 Å². The van der Waals surface area contributed by atoms with E-state index in [9.17, 15) is 4.39 Å². The fourth-order valence-electron chi connectivity index (χ4n) is 2.47. The molecule has 1 aliphatic rings. The molecule has 0 amide bonds. The van der Waals surface area contributed by atoms with Crippen molar-refractivity contribution >= 4 is 11.8 Å². The van der Waals surface area contributed by atoms with Gasteiger partial charge in [-0.25, -0.2) is 4.39 Å². The minimum atomic E-state index is -0.0709. The summed E-state index contributed by atoms with van der Waals surface area (Å²) in [4.78, 5) is 0. The standard InChI is InChI=1S/C14H20FNS/c1-3-16-14(11-6-7-17-9-11)12-8-10(2)4-5-13(12)15/h4-5,8,11,14,16H,3,6-7,9H2,1-2H3. The van der Waals surface area contributed by atoms with Crippen molar-refractivity contribution in [2.45, 2.75) is 26.3 Å². The van der Waals surface area contributed by atoms with Gasteiger partial charge in [0.05, 0.1) is 0 Å². The summed E-state index contributed by atoms with van der Waals surface area (Å²) in [5, 5.41) is 3.46. The van der Waals surface area contributed by atoms with Crippen LogP contribution in [0.1, 0.15) is 30.5 Å². The van der Waals surface area contributed by atoms with Crippen LogP contribution in [0.25, 0.3) is 0 Å². The molecule has 1 aliphatic heterocycles. The van der Waals surface area contributed by atoms with Crippen molar-refractivity contribution < 1.29 is 4.39 Å². The first kappa shape index (κ1) is 12.9. The van der Waals surface area contributed by atoms with Gasteiger partial charge in [-0.1, -0.05) is 24.6 Å². The van der Waals surface area contributed by atoms with E-state index < -0.39 is 0 Å². The molecule has 1 heterocycles. The van der Waals surface area contributed by atoms with Crippen molar-refractivity contribution in [2.24, 2.45) is 5.92 Å². The molecule has 94 valence electrons. The maximum Gasteiger partial charge on any atom is 0.128 e. The summed E-state index contributed by atoms with van der Waals surface area (Å²) in [5.74, 6) is 2.85. The lowest BCUT2D eigenvalue weighted by Crippen LogP contribution is -2.29. The SMILES string of the molecule is CCNC(c1cc(C)ccc1F)C1CCSC1. The Balaban J connectivity index is 2.27. The summed E-state index contributed by atoms with van der Waals surface area (Å²) in [6.45, 7) is 5.00. The van der Waals surface area contributed by atoms with Gasteiger partial charge in [0.15, 0.2) is 0 Å². The maximum atomic E-state index is 13.9. The number of rotatable bonds is 4. The molecule has 0 spiro atoms. The molecule has 1 N–H and O–H groups in total. The zero-order chi connectivity index (χ0) is 12.3. The topological polar surface area (TPSA) is 12.0 Å². The molecule has 0 saturated carbocycles. The van der Waals surface area contributed by atoms with Gasteiger partial charge in [0.25, 0.3) is 0 Å². The maximum absolute atomic E-state index is 13.9. The van der Waals surface area contributed by atoms with E-state index in [-0.39, 0.29) is 11.9 Å². The third-order valence-corrected chi connectivity index (χ3v) is 4.54. The van der Waals surface area contributed by atoms with E-state index >= 15 is 0 Å². The molecule has 1 fully saturated rings. The predicted molar refractivity (Wildman–Crippen MR) is 73.0 cm³/mol. The Kier molecular flexibility index (Phi) is 4.46. The molecule has 1 nitrogen and oxygen atoms in total. The average Bonchev–Trinajstić information content (AvgIpc) is 2.83. The van der Waals surface area contributed by atoms with Crippen LogP contribution in [0, 0.1) is 18.7 Å². The molecule has 1 saturated heterocycles. The monoisotopic (exact) mass is 253 g/mol. The van der Waals surface area contributed by atoms with Gasteiger partial charge < -0.3 is 5.32 Å². The lowest BCUT2D eigenvalue weighted by atomic mass is 9.91.